The highest BCUT2D eigenvalue weighted by Gasteiger charge is 2.28. The van der Waals surface area contributed by atoms with Crippen LogP contribution in [0.1, 0.15) is 219 Å². The van der Waals surface area contributed by atoms with Crippen molar-refractivity contribution in [1.82, 2.24) is 5.32 Å². The first-order valence-electron chi connectivity index (χ1n) is 20.3. The Hall–Kier alpha value is -0.700. The molecule has 0 aliphatic carbocycles. The van der Waals surface area contributed by atoms with Crippen LogP contribution in [0.3, 0.4) is 0 Å². The van der Waals surface area contributed by atoms with E-state index in [2.05, 4.69) is 19.2 Å². The van der Waals surface area contributed by atoms with Crippen molar-refractivity contribution in [3.63, 3.8) is 0 Å². The molecule has 0 saturated heterocycles. The van der Waals surface area contributed by atoms with E-state index in [1.807, 2.05) is 0 Å². The second-order valence-corrected chi connectivity index (χ2v) is 15.9. The van der Waals surface area contributed by atoms with Crippen molar-refractivity contribution in [2.24, 2.45) is 0 Å². The normalized spacial score (nSPS) is 13.9. The van der Waals surface area contributed by atoms with Gasteiger partial charge in [-0.1, -0.05) is 206 Å². The minimum Gasteiger partial charge on any atom is -0.391 e. The van der Waals surface area contributed by atoms with E-state index < -0.39 is 40.0 Å². The predicted molar refractivity (Wildman–Crippen MR) is 199 cm³/mol. The summed E-state index contributed by atoms with van der Waals surface area (Å²) in [5, 5.41) is 23.5. The van der Waals surface area contributed by atoms with Gasteiger partial charge in [-0.05, 0) is 12.8 Å². The molecular formula is C39H79NO6S. The summed E-state index contributed by atoms with van der Waals surface area (Å²) in [6.45, 7) is 4.51. The second kappa shape index (κ2) is 33.8. The van der Waals surface area contributed by atoms with Crippen LogP contribution >= 0.6 is 0 Å². The highest BCUT2D eigenvalue weighted by atomic mass is 32.2. The van der Waals surface area contributed by atoms with E-state index in [-0.39, 0.29) is 0 Å². The lowest BCUT2D eigenvalue weighted by Crippen LogP contribution is -2.50. The Morgan fingerprint density at radius 1 is 0.489 bits per heavy atom. The minimum absolute atomic E-state index is 0.304. The zero-order valence-corrected chi connectivity index (χ0v) is 31.9. The zero-order valence-electron chi connectivity index (χ0n) is 31.0. The van der Waals surface area contributed by atoms with Crippen LogP contribution in [0, 0.1) is 0 Å². The van der Waals surface area contributed by atoms with E-state index in [9.17, 15) is 28.0 Å². The van der Waals surface area contributed by atoms with Crippen molar-refractivity contribution < 1.29 is 28.0 Å². The third-order valence-electron chi connectivity index (χ3n) is 9.67. The molecule has 0 rings (SSSR count). The molecule has 0 spiro atoms. The molecule has 4 N–H and O–H groups in total. The molecular weight excluding hydrogens is 610 g/mol. The third-order valence-corrected chi connectivity index (χ3v) is 10.4. The molecule has 0 saturated carbocycles. The van der Waals surface area contributed by atoms with Crippen LogP contribution in [0.2, 0.25) is 0 Å². The molecule has 0 radical (unpaired) electrons. The molecule has 0 aromatic heterocycles. The highest BCUT2D eigenvalue weighted by molar-refractivity contribution is 7.85. The van der Waals surface area contributed by atoms with Crippen LogP contribution < -0.4 is 5.32 Å². The molecule has 0 fully saturated rings. The van der Waals surface area contributed by atoms with Gasteiger partial charge in [0.2, 0.25) is 5.91 Å². The summed E-state index contributed by atoms with van der Waals surface area (Å²) in [4.78, 5) is 12.6. The lowest BCUT2D eigenvalue weighted by molar-refractivity contribution is -0.131. The Balaban J connectivity index is 3.94. The molecule has 8 heteroatoms. The van der Waals surface area contributed by atoms with Gasteiger partial charge in [-0.2, -0.15) is 8.42 Å². The summed E-state index contributed by atoms with van der Waals surface area (Å²) in [5.74, 6) is -1.44. The Kier molecular flexibility index (Phi) is 33.3. The molecule has 282 valence electrons. The Morgan fingerprint density at radius 2 is 0.766 bits per heavy atom. The summed E-state index contributed by atoms with van der Waals surface area (Å²) in [6.07, 6.45) is 35.5. The number of nitrogens with one attached hydrogen (secondary N) is 1. The Morgan fingerprint density at radius 3 is 1.06 bits per heavy atom. The van der Waals surface area contributed by atoms with Gasteiger partial charge in [-0.15, -0.1) is 0 Å². The Labute approximate surface area is 292 Å². The third kappa shape index (κ3) is 33.6. The van der Waals surface area contributed by atoms with Gasteiger partial charge < -0.3 is 15.5 Å². The van der Waals surface area contributed by atoms with Gasteiger partial charge >= 0.3 is 0 Å². The molecule has 0 aromatic carbocycles. The van der Waals surface area contributed by atoms with Gasteiger partial charge in [0.25, 0.3) is 10.1 Å². The fourth-order valence-electron chi connectivity index (χ4n) is 6.52. The number of carbonyl (C=O) groups is 1. The van der Waals surface area contributed by atoms with Crippen molar-refractivity contribution in [2.45, 2.75) is 238 Å². The monoisotopic (exact) mass is 690 g/mol. The first kappa shape index (κ1) is 46.3. The summed E-state index contributed by atoms with van der Waals surface area (Å²) in [7, 11) is -4.40. The maximum absolute atomic E-state index is 12.6. The average Bonchev–Trinajstić information content (AvgIpc) is 3.03. The number of aliphatic hydroxyl groups is 2. The van der Waals surface area contributed by atoms with Crippen molar-refractivity contribution in [1.29, 1.82) is 0 Å². The van der Waals surface area contributed by atoms with E-state index in [0.717, 1.165) is 44.9 Å². The fraction of sp³-hybridized carbons (Fsp3) is 0.974. The predicted octanol–water partition coefficient (Wildman–Crippen LogP) is 10.6. The van der Waals surface area contributed by atoms with Gasteiger partial charge in [0.1, 0.15) is 6.10 Å². The summed E-state index contributed by atoms with van der Waals surface area (Å²) in [6, 6.07) is -1.14. The van der Waals surface area contributed by atoms with Crippen LogP contribution in [0.25, 0.3) is 0 Å². The topological polar surface area (TPSA) is 124 Å². The molecule has 0 aromatic rings. The Bertz CT molecular complexity index is 777. The van der Waals surface area contributed by atoms with Gasteiger partial charge in [0.05, 0.1) is 17.9 Å². The van der Waals surface area contributed by atoms with Crippen LogP contribution in [-0.4, -0.2) is 53.1 Å². The SMILES string of the molecule is CCCCCCCCCCCCCCCCCCCC(O)C(=O)NC(CS(=O)(=O)O)C(O)CCCCCCCCCCCCCCC. The maximum atomic E-state index is 12.6. The van der Waals surface area contributed by atoms with Crippen LogP contribution in [0.4, 0.5) is 0 Å². The first-order chi connectivity index (χ1) is 22.7. The quantitative estimate of drug-likeness (QED) is 0.0380. The lowest BCUT2D eigenvalue weighted by Gasteiger charge is -2.24. The molecule has 0 aliphatic rings. The summed E-state index contributed by atoms with van der Waals surface area (Å²) < 4.78 is 32.5. The molecule has 0 bridgehead atoms. The summed E-state index contributed by atoms with van der Waals surface area (Å²) in [5.41, 5.74) is 0. The number of hydrogen-bond donors (Lipinski definition) is 4. The molecule has 0 heterocycles. The molecule has 7 nitrogen and oxygen atoms in total. The zero-order chi connectivity index (χ0) is 34.9. The van der Waals surface area contributed by atoms with E-state index in [1.54, 1.807) is 0 Å². The van der Waals surface area contributed by atoms with E-state index in [1.165, 1.54) is 148 Å². The molecule has 0 aliphatic heterocycles. The van der Waals surface area contributed by atoms with Crippen LogP contribution in [0.5, 0.6) is 0 Å². The van der Waals surface area contributed by atoms with Crippen molar-refractivity contribution in [3.05, 3.63) is 0 Å². The number of amides is 1. The number of unbranched alkanes of at least 4 members (excludes halogenated alkanes) is 28. The van der Waals surface area contributed by atoms with E-state index in [4.69, 9.17) is 0 Å². The number of hydrogen-bond acceptors (Lipinski definition) is 5. The highest BCUT2D eigenvalue weighted by Crippen LogP contribution is 2.17. The van der Waals surface area contributed by atoms with Crippen LogP contribution in [0.15, 0.2) is 0 Å². The van der Waals surface area contributed by atoms with Crippen molar-refractivity contribution >= 4 is 16.0 Å². The number of aliphatic hydroxyl groups excluding tert-OH is 2. The number of rotatable bonds is 37. The van der Waals surface area contributed by atoms with E-state index >= 15 is 0 Å². The average molecular weight is 690 g/mol. The summed E-state index contributed by atoms with van der Waals surface area (Å²) >= 11 is 0. The van der Waals surface area contributed by atoms with Gasteiger partial charge in [-0.3, -0.25) is 9.35 Å². The number of carbonyl (C=O) groups excluding carboxylic acids is 1. The van der Waals surface area contributed by atoms with Gasteiger partial charge in [-0.25, -0.2) is 0 Å². The van der Waals surface area contributed by atoms with Gasteiger partial charge in [0, 0.05) is 0 Å². The molecule has 47 heavy (non-hydrogen) atoms. The smallest absolute Gasteiger partial charge is 0.266 e. The van der Waals surface area contributed by atoms with Gasteiger partial charge in [0.15, 0.2) is 0 Å². The first-order valence-corrected chi connectivity index (χ1v) is 21.9. The fourth-order valence-corrected chi connectivity index (χ4v) is 7.28. The lowest BCUT2D eigenvalue weighted by atomic mass is 10.0. The second-order valence-electron chi connectivity index (χ2n) is 14.4. The maximum Gasteiger partial charge on any atom is 0.266 e. The molecule has 1 amide bonds. The molecule has 3 atom stereocenters. The molecule has 3 unspecified atom stereocenters. The standard InChI is InChI=1S/C39H79NO6S/c1-3-5-7-9-11-13-15-17-18-19-20-22-24-26-28-30-32-34-38(42)39(43)40-36(35-47(44,45)46)37(41)33-31-29-27-25-23-21-16-14-12-10-8-6-4-2/h36-38,41-42H,3-35H2,1-2H3,(H,40,43)(H,44,45,46). The van der Waals surface area contributed by atoms with Crippen molar-refractivity contribution in [3.8, 4) is 0 Å². The van der Waals surface area contributed by atoms with E-state index in [0.29, 0.717) is 12.8 Å². The minimum atomic E-state index is -4.40. The van der Waals surface area contributed by atoms with Crippen molar-refractivity contribution in [2.75, 3.05) is 5.75 Å². The van der Waals surface area contributed by atoms with Crippen LogP contribution in [-0.2, 0) is 14.9 Å². The largest absolute Gasteiger partial charge is 0.391 e.